The largest absolute Gasteiger partial charge is 0.162 e. The number of hydrogen-bond donors (Lipinski definition) is 0. The van der Waals surface area contributed by atoms with Gasteiger partial charge >= 0.3 is 0 Å². The Labute approximate surface area is 179 Å². The van der Waals surface area contributed by atoms with Gasteiger partial charge in [0.2, 0.25) is 0 Å². The van der Waals surface area contributed by atoms with Gasteiger partial charge in [0.1, 0.15) is 8.07 Å². The van der Waals surface area contributed by atoms with Gasteiger partial charge in [-0.2, -0.15) is 0 Å². The average Bonchev–Trinajstić information content (AvgIpc) is 2.67. The summed E-state index contributed by atoms with van der Waals surface area (Å²) in [7, 11) is -3.31. The predicted molar refractivity (Wildman–Crippen MR) is 133 cm³/mol. The molecule has 0 N–H and O–H groups in total. The summed E-state index contributed by atoms with van der Waals surface area (Å²) < 4.78 is 0. The topological polar surface area (TPSA) is 0 Å². The van der Waals surface area contributed by atoms with Crippen LogP contribution in [0.5, 0.6) is 0 Å². The third-order valence-electron chi connectivity index (χ3n) is 5.22. The van der Waals surface area contributed by atoms with Crippen LogP contribution >= 0.6 is 11.6 Å². The second-order valence-electron chi connectivity index (χ2n) is 8.57. The molecule has 0 aliphatic heterocycles. The Morgan fingerprint density at radius 3 is 2.07 bits per heavy atom. The molecule has 0 aromatic heterocycles. The molecule has 0 fully saturated rings. The molecule has 3 heteroatoms. The third-order valence-corrected chi connectivity index (χ3v) is 10.9. The van der Waals surface area contributed by atoms with Gasteiger partial charge in [-0.15, -0.1) is 11.5 Å². The SMILES string of the molecule is CCCCCC#C[Si](C)(C)c1ccc([Si](C)(C)C=Cc2ccc(Cl)cc2)cc1. The minimum absolute atomic E-state index is 0.782. The molecule has 0 unspecified atom stereocenters. The summed E-state index contributed by atoms with van der Waals surface area (Å²) in [6.07, 6.45) is 7.05. The molecule has 0 aliphatic rings. The number of benzene rings is 2. The minimum Gasteiger partial charge on any atom is -0.126 e. The van der Waals surface area contributed by atoms with Gasteiger partial charge in [0.05, 0.1) is 0 Å². The quantitative estimate of drug-likeness (QED) is 0.268. The minimum atomic E-state index is -1.67. The van der Waals surface area contributed by atoms with Crippen molar-refractivity contribution >= 4 is 44.2 Å². The van der Waals surface area contributed by atoms with E-state index >= 15 is 0 Å². The molecule has 0 atom stereocenters. The first-order chi connectivity index (χ1) is 13.2. The fraction of sp³-hybridized carbons (Fsp3) is 0.360. The van der Waals surface area contributed by atoms with Crippen LogP contribution in [0.3, 0.4) is 0 Å². The van der Waals surface area contributed by atoms with E-state index in [1.165, 1.54) is 35.2 Å². The van der Waals surface area contributed by atoms with Crippen molar-refractivity contribution in [3.05, 3.63) is 64.8 Å². The van der Waals surface area contributed by atoms with Crippen LogP contribution in [0.1, 0.15) is 38.2 Å². The van der Waals surface area contributed by atoms with Crippen molar-refractivity contribution in [3.8, 4) is 11.5 Å². The van der Waals surface area contributed by atoms with Gasteiger partial charge < -0.3 is 0 Å². The van der Waals surface area contributed by atoms with Gasteiger partial charge in [0, 0.05) is 11.4 Å². The maximum atomic E-state index is 5.98. The molecule has 2 rings (SSSR count). The van der Waals surface area contributed by atoms with Gasteiger partial charge in [-0.3, -0.25) is 0 Å². The van der Waals surface area contributed by atoms with E-state index in [1.54, 1.807) is 0 Å². The number of hydrogen-bond acceptors (Lipinski definition) is 0. The van der Waals surface area contributed by atoms with E-state index in [9.17, 15) is 0 Å². The maximum Gasteiger partial charge on any atom is 0.162 e. The summed E-state index contributed by atoms with van der Waals surface area (Å²) in [4.78, 5) is 0. The molecule has 0 heterocycles. The van der Waals surface area contributed by atoms with Gasteiger partial charge in [-0.1, -0.05) is 111 Å². The molecular weight excluding hydrogens is 392 g/mol. The van der Waals surface area contributed by atoms with Gasteiger partial charge in [0.15, 0.2) is 8.07 Å². The summed E-state index contributed by atoms with van der Waals surface area (Å²) in [5.74, 6) is 3.45. The van der Waals surface area contributed by atoms with Crippen molar-refractivity contribution < 1.29 is 0 Å². The van der Waals surface area contributed by atoms with Crippen molar-refractivity contribution in [2.75, 3.05) is 0 Å². The van der Waals surface area contributed by atoms with Crippen LogP contribution in [0.25, 0.3) is 6.08 Å². The van der Waals surface area contributed by atoms with Gasteiger partial charge in [-0.25, -0.2) is 0 Å². The molecule has 0 saturated carbocycles. The Kier molecular flexibility index (Phi) is 8.37. The number of unbranched alkanes of at least 4 members (excludes halogenated alkanes) is 3. The molecule has 0 spiro atoms. The Bertz CT molecular complexity index is 835. The van der Waals surface area contributed by atoms with Crippen molar-refractivity contribution in [2.45, 2.75) is 58.8 Å². The van der Waals surface area contributed by atoms with E-state index < -0.39 is 16.1 Å². The van der Waals surface area contributed by atoms with Crippen LogP contribution in [-0.4, -0.2) is 16.1 Å². The predicted octanol–water partition coefficient (Wildman–Crippen LogP) is 6.55. The molecule has 0 nitrogen and oxygen atoms in total. The molecule has 148 valence electrons. The standard InChI is InChI=1S/C25H33ClSi2/c1-6-7-8-9-10-20-27(2,3)24-15-17-25(18-16-24)28(4,5)21-19-22-11-13-23(26)14-12-22/h11-19,21H,6-9H2,1-5H3. The monoisotopic (exact) mass is 424 g/mol. The first-order valence-electron chi connectivity index (χ1n) is 10.3. The molecule has 0 bridgehead atoms. The summed E-state index contributed by atoms with van der Waals surface area (Å²) in [5, 5.41) is 3.68. The third kappa shape index (κ3) is 6.81. The molecule has 0 aliphatic carbocycles. The van der Waals surface area contributed by atoms with Crippen LogP contribution in [0.4, 0.5) is 0 Å². The maximum absolute atomic E-state index is 5.98. The highest BCUT2D eigenvalue weighted by Crippen LogP contribution is 2.13. The van der Waals surface area contributed by atoms with Crippen LogP contribution in [0.2, 0.25) is 31.2 Å². The van der Waals surface area contributed by atoms with Crippen LogP contribution in [0, 0.1) is 11.5 Å². The van der Waals surface area contributed by atoms with E-state index in [1.807, 2.05) is 12.1 Å². The molecule has 0 radical (unpaired) electrons. The number of halogens is 1. The lowest BCUT2D eigenvalue weighted by Gasteiger charge is -2.21. The highest BCUT2D eigenvalue weighted by atomic mass is 35.5. The number of rotatable bonds is 7. The molecule has 0 saturated heterocycles. The average molecular weight is 425 g/mol. The summed E-state index contributed by atoms with van der Waals surface area (Å²) in [6.45, 7) is 11.7. The Balaban J connectivity index is 2.10. The molecule has 0 amide bonds. The van der Waals surface area contributed by atoms with Gasteiger partial charge in [-0.05, 0) is 29.3 Å². The summed E-state index contributed by atoms with van der Waals surface area (Å²) in [5.41, 5.74) is 7.23. The Morgan fingerprint density at radius 2 is 1.46 bits per heavy atom. The molecule has 2 aromatic rings. The van der Waals surface area contributed by atoms with Crippen LogP contribution in [-0.2, 0) is 0 Å². The smallest absolute Gasteiger partial charge is 0.126 e. The fourth-order valence-electron chi connectivity index (χ4n) is 3.11. The molecule has 2 aromatic carbocycles. The second kappa shape index (κ2) is 10.3. The summed E-state index contributed by atoms with van der Waals surface area (Å²) in [6, 6.07) is 17.4. The van der Waals surface area contributed by atoms with E-state index in [0.29, 0.717) is 0 Å². The lowest BCUT2D eigenvalue weighted by atomic mass is 10.2. The zero-order valence-corrected chi connectivity index (χ0v) is 20.7. The highest BCUT2D eigenvalue weighted by molar-refractivity contribution is 6.97. The lowest BCUT2D eigenvalue weighted by molar-refractivity contribution is 0.737. The second-order valence-corrected chi connectivity index (χ2v) is 17.4. The van der Waals surface area contributed by atoms with E-state index in [0.717, 1.165) is 11.4 Å². The molecule has 28 heavy (non-hydrogen) atoms. The van der Waals surface area contributed by atoms with Crippen LogP contribution < -0.4 is 10.4 Å². The van der Waals surface area contributed by atoms with E-state index in [-0.39, 0.29) is 0 Å². The Morgan fingerprint density at radius 1 is 0.857 bits per heavy atom. The van der Waals surface area contributed by atoms with E-state index in [4.69, 9.17) is 11.6 Å². The van der Waals surface area contributed by atoms with Crippen molar-refractivity contribution in [1.29, 1.82) is 0 Å². The first-order valence-corrected chi connectivity index (χ1v) is 16.8. The van der Waals surface area contributed by atoms with E-state index in [2.05, 4.69) is 92.7 Å². The summed E-state index contributed by atoms with van der Waals surface area (Å²) >= 11 is 5.98. The van der Waals surface area contributed by atoms with Gasteiger partial charge in [0.25, 0.3) is 0 Å². The fourth-order valence-corrected chi connectivity index (χ4v) is 6.77. The van der Waals surface area contributed by atoms with Crippen molar-refractivity contribution in [3.63, 3.8) is 0 Å². The normalized spacial score (nSPS) is 12.1. The zero-order valence-electron chi connectivity index (χ0n) is 18.0. The van der Waals surface area contributed by atoms with Crippen LogP contribution in [0.15, 0.2) is 54.2 Å². The Hall–Kier alpha value is -1.54. The lowest BCUT2D eigenvalue weighted by Crippen LogP contribution is -2.44. The van der Waals surface area contributed by atoms with Crippen molar-refractivity contribution in [2.24, 2.45) is 0 Å². The van der Waals surface area contributed by atoms with Crippen molar-refractivity contribution in [1.82, 2.24) is 0 Å². The highest BCUT2D eigenvalue weighted by Gasteiger charge is 2.24. The molecular formula is C25H33ClSi2. The first kappa shape index (κ1) is 22.7. The zero-order chi connectivity index (χ0) is 20.6.